The van der Waals surface area contributed by atoms with Crippen molar-refractivity contribution in [3.63, 3.8) is 0 Å². The Morgan fingerprint density at radius 2 is 2.29 bits per heavy atom. The van der Waals surface area contributed by atoms with Crippen LogP contribution >= 0.6 is 11.6 Å². The highest BCUT2D eigenvalue weighted by atomic mass is 35.5. The molecule has 0 amide bonds. The summed E-state index contributed by atoms with van der Waals surface area (Å²) in [4.78, 5) is 8.06. The largest absolute Gasteiger partial charge is 0.362 e. The molecule has 86 valence electrons. The average Bonchev–Trinajstić information content (AvgIpc) is 2.95. The van der Waals surface area contributed by atoms with Gasteiger partial charge < -0.3 is 5.32 Å². The number of fused-ring (bicyclic) bond motifs is 1. The number of nitrogens with zero attached hydrogens (tertiary/aromatic N) is 6. The predicted molar refractivity (Wildman–Crippen MR) is 58.2 cm³/mol. The molecule has 0 aliphatic heterocycles. The molecule has 0 aromatic carbocycles. The van der Waals surface area contributed by atoms with Gasteiger partial charge in [-0.05, 0) is 11.6 Å². The van der Waals surface area contributed by atoms with Crippen LogP contribution in [0.25, 0.3) is 11.0 Å². The van der Waals surface area contributed by atoms with E-state index in [4.69, 9.17) is 11.6 Å². The minimum atomic E-state index is 0.136. The second kappa shape index (κ2) is 3.94. The molecule has 0 saturated heterocycles. The molecule has 9 nitrogen and oxygen atoms in total. The van der Waals surface area contributed by atoms with Gasteiger partial charge in [0.05, 0.1) is 18.1 Å². The molecule has 10 heteroatoms. The summed E-state index contributed by atoms with van der Waals surface area (Å²) < 4.78 is 0. The van der Waals surface area contributed by atoms with Gasteiger partial charge in [0.1, 0.15) is 5.82 Å². The van der Waals surface area contributed by atoms with Crippen molar-refractivity contribution in [2.45, 2.75) is 6.54 Å². The van der Waals surface area contributed by atoms with Gasteiger partial charge in [0.25, 0.3) is 0 Å². The number of aromatic nitrogens is 8. The van der Waals surface area contributed by atoms with Crippen molar-refractivity contribution in [1.82, 2.24) is 40.8 Å². The van der Waals surface area contributed by atoms with Gasteiger partial charge in [0.2, 0.25) is 5.28 Å². The lowest BCUT2D eigenvalue weighted by atomic mass is 10.4. The van der Waals surface area contributed by atoms with Gasteiger partial charge in [-0.15, -0.1) is 10.2 Å². The highest BCUT2D eigenvalue weighted by Crippen LogP contribution is 2.19. The van der Waals surface area contributed by atoms with E-state index in [0.29, 0.717) is 23.8 Å². The molecule has 0 unspecified atom stereocenters. The van der Waals surface area contributed by atoms with Crippen molar-refractivity contribution in [2.24, 2.45) is 0 Å². The predicted octanol–water partition coefficient (Wildman–Crippen LogP) is 0.131. The van der Waals surface area contributed by atoms with Gasteiger partial charge in [-0.1, -0.05) is 5.21 Å². The van der Waals surface area contributed by atoms with E-state index >= 15 is 0 Å². The number of anilines is 1. The number of rotatable bonds is 3. The minimum absolute atomic E-state index is 0.136. The Hall–Kier alpha value is -2.29. The highest BCUT2D eigenvalue weighted by molar-refractivity contribution is 6.28. The van der Waals surface area contributed by atoms with Crippen LogP contribution in [0, 0.1) is 0 Å². The molecular formula is C7H6ClN9. The maximum atomic E-state index is 5.78. The zero-order valence-electron chi connectivity index (χ0n) is 8.35. The summed E-state index contributed by atoms with van der Waals surface area (Å²) in [6, 6.07) is 0. The van der Waals surface area contributed by atoms with Crippen LogP contribution in [0.5, 0.6) is 0 Å². The molecule has 0 saturated carbocycles. The SMILES string of the molecule is Clc1nc(NCc2nn[nH]n2)c2cn[nH]c2n1. The number of hydrogen-bond acceptors (Lipinski definition) is 7. The molecule has 3 aromatic heterocycles. The molecule has 3 heterocycles. The average molecular weight is 252 g/mol. The summed E-state index contributed by atoms with van der Waals surface area (Å²) in [5, 5.41) is 23.9. The lowest BCUT2D eigenvalue weighted by molar-refractivity contribution is 0.881. The molecule has 0 spiro atoms. The minimum Gasteiger partial charge on any atom is -0.362 e. The summed E-state index contributed by atoms with van der Waals surface area (Å²) in [5.41, 5.74) is 0.570. The van der Waals surface area contributed by atoms with E-state index in [1.807, 2.05) is 0 Å². The van der Waals surface area contributed by atoms with Crippen molar-refractivity contribution < 1.29 is 0 Å². The lowest BCUT2D eigenvalue weighted by Crippen LogP contribution is -2.04. The third-order valence-corrected chi connectivity index (χ3v) is 2.25. The summed E-state index contributed by atoms with van der Waals surface area (Å²) >= 11 is 5.78. The smallest absolute Gasteiger partial charge is 0.226 e. The van der Waals surface area contributed by atoms with Crippen LogP contribution in [0.4, 0.5) is 5.82 Å². The third kappa shape index (κ3) is 1.87. The first kappa shape index (κ1) is 9.90. The van der Waals surface area contributed by atoms with E-state index in [1.54, 1.807) is 6.20 Å². The topological polar surface area (TPSA) is 121 Å². The van der Waals surface area contributed by atoms with Crippen molar-refractivity contribution in [3.05, 3.63) is 17.3 Å². The Kier molecular flexibility index (Phi) is 2.29. The normalized spacial score (nSPS) is 10.9. The Morgan fingerprint density at radius 1 is 1.35 bits per heavy atom. The fraction of sp³-hybridized carbons (Fsp3) is 0.143. The molecule has 0 atom stereocenters. The molecule has 3 aromatic rings. The third-order valence-electron chi connectivity index (χ3n) is 2.09. The molecule has 0 aliphatic carbocycles. The van der Waals surface area contributed by atoms with Gasteiger partial charge >= 0.3 is 0 Å². The van der Waals surface area contributed by atoms with Crippen LogP contribution in [0.2, 0.25) is 5.28 Å². The van der Waals surface area contributed by atoms with E-state index in [1.165, 1.54) is 0 Å². The molecular weight excluding hydrogens is 246 g/mol. The molecule has 0 aliphatic rings. The van der Waals surface area contributed by atoms with Crippen LogP contribution in [0.3, 0.4) is 0 Å². The lowest BCUT2D eigenvalue weighted by Gasteiger charge is -2.03. The van der Waals surface area contributed by atoms with Gasteiger partial charge in [-0.3, -0.25) is 5.10 Å². The fourth-order valence-electron chi connectivity index (χ4n) is 1.36. The molecule has 3 N–H and O–H groups in total. The van der Waals surface area contributed by atoms with Crippen molar-refractivity contribution in [2.75, 3.05) is 5.32 Å². The fourth-order valence-corrected chi connectivity index (χ4v) is 1.53. The second-order valence-electron chi connectivity index (χ2n) is 3.16. The zero-order valence-corrected chi connectivity index (χ0v) is 9.10. The van der Waals surface area contributed by atoms with Crippen LogP contribution in [0.1, 0.15) is 5.82 Å². The van der Waals surface area contributed by atoms with Gasteiger partial charge in [0, 0.05) is 0 Å². The van der Waals surface area contributed by atoms with E-state index in [-0.39, 0.29) is 5.28 Å². The first-order valence-electron chi connectivity index (χ1n) is 4.66. The Bertz CT molecular complexity index is 630. The number of hydrogen-bond donors (Lipinski definition) is 3. The number of aromatic amines is 2. The monoisotopic (exact) mass is 251 g/mol. The molecule has 0 fully saturated rings. The second-order valence-corrected chi connectivity index (χ2v) is 3.49. The maximum Gasteiger partial charge on any atom is 0.226 e. The Labute approximate surface area is 99.0 Å². The molecule has 0 radical (unpaired) electrons. The standard InChI is InChI=1S/C7H6ClN9/c8-7-11-5(3-1-10-15-6(3)12-7)9-2-4-13-16-17-14-4/h1H,2H2,(H,13,14,16,17)(H2,9,10,11,12,15). The zero-order chi connectivity index (χ0) is 11.7. The first-order valence-corrected chi connectivity index (χ1v) is 5.03. The van der Waals surface area contributed by atoms with E-state index in [0.717, 1.165) is 5.39 Å². The summed E-state index contributed by atoms with van der Waals surface area (Å²) in [6.45, 7) is 0.379. The highest BCUT2D eigenvalue weighted by Gasteiger charge is 2.08. The quantitative estimate of drug-likeness (QED) is 0.566. The Balaban J connectivity index is 1.91. The number of halogens is 1. The van der Waals surface area contributed by atoms with E-state index < -0.39 is 0 Å². The summed E-state index contributed by atoms with van der Waals surface area (Å²) in [5.74, 6) is 1.09. The van der Waals surface area contributed by atoms with Crippen LogP contribution in [-0.4, -0.2) is 40.8 Å². The number of tetrazole rings is 1. The molecule has 17 heavy (non-hydrogen) atoms. The van der Waals surface area contributed by atoms with Crippen LogP contribution in [0.15, 0.2) is 6.20 Å². The maximum absolute atomic E-state index is 5.78. The van der Waals surface area contributed by atoms with Crippen LogP contribution in [-0.2, 0) is 6.54 Å². The number of H-pyrrole nitrogens is 2. The van der Waals surface area contributed by atoms with E-state index in [9.17, 15) is 0 Å². The van der Waals surface area contributed by atoms with Gasteiger partial charge in [0.15, 0.2) is 11.5 Å². The van der Waals surface area contributed by atoms with Crippen molar-refractivity contribution in [1.29, 1.82) is 0 Å². The van der Waals surface area contributed by atoms with Crippen molar-refractivity contribution >= 4 is 28.5 Å². The van der Waals surface area contributed by atoms with Gasteiger partial charge in [-0.25, -0.2) is 0 Å². The van der Waals surface area contributed by atoms with E-state index in [2.05, 4.69) is 46.1 Å². The van der Waals surface area contributed by atoms with Crippen LogP contribution < -0.4 is 5.32 Å². The van der Waals surface area contributed by atoms with Crippen molar-refractivity contribution in [3.8, 4) is 0 Å². The molecule has 3 rings (SSSR count). The summed E-state index contributed by atoms with van der Waals surface area (Å²) in [7, 11) is 0. The number of nitrogens with one attached hydrogen (secondary N) is 3. The summed E-state index contributed by atoms with van der Waals surface area (Å²) in [6.07, 6.45) is 1.62. The first-order chi connectivity index (χ1) is 8.33. The Morgan fingerprint density at radius 3 is 3.12 bits per heavy atom. The molecule has 0 bridgehead atoms. The van der Waals surface area contributed by atoms with Gasteiger partial charge in [-0.2, -0.15) is 20.3 Å².